The predicted molar refractivity (Wildman–Crippen MR) is 79.1 cm³/mol. The van der Waals surface area contributed by atoms with Crippen LogP contribution in [0, 0.1) is 0 Å². The first kappa shape index (κ1) is 16.0. The Morgan fingerprint density at radius 3 is 2.05 bits per heavy atom. The number of amides is 2. The van der Waals surface area contributed by atoms with Gasteiger partial charge in [0, 0.05) is 5.69 Å². The number of nitrogens with one attached hydrogen (secondary N) is 2. The van der Waals surface area contributed by atoms with Crippen molar-refractivity contribution in [2.24, 2.45) is 0 Å². The van der Waals surface area contributed by atoms with Gasteiger partial charge in [-0.25, -0.2) is 9.59 Å². The maximum Gasteiger partial charge on any atom is 0.328 e. The summed E-state index contributed by atoms with van der Waals surface area (Å²) in [5, 5.41) is 14.3. The van der Waals surface area contributed by atoms with E-state index in [1.165, 1.54) is 13.8 Å². The minimum atomic E-state index is -1.31. The summed E-state index contributed by atoms with van der Waals surface area (Å²) in [6, 6.07) is 5.36. The Morgan fingerprint density at radius 1 is 1.15 bits per heavy atom. The molecule has 1 aromatic rings. The summed E-state index contributed by atoms with van der Waals surface area (Å²) < 4.78 is 0. The van der Waals surface area contributed by atoms with E-state index in [9.17, 15) is 9.59 Å². The minimum absolute atomic E-state index is 0.506. The minimum Gasteiger partial charge on any atom is -0.480 e. The third-order valence-electron chi connectivity index (χ3n) is 3.20. The Labute approximate surface area is 119 Å². The van der Waals surface area contributed by atoms with Crippen molar-refractivity contribution in [2.45, 2.75) is 46.1 Å². The van der Waals surface area contributed by atoms with E-state index < -0.39 is 17.5 Å². The molecule has 0 bridgehead atoms. The number of benzene rings is 1. The fraction of sp³-hybridized carbons (Fsp3) is 0.467. The molecule has 0 aliphatic carbocycles. The summed E-state index contributed by atoms with van der Waals surface area (Å²) in [6.45, 7) is 6.92. The van der Waals surface area contributed by atoms with E-state index in [1.54, 1.807) is 0 Å². The van der Waals surface area contributed by atoms with E-state index in [-0.39, 0.29) is 0 Å². The zero-order chi connectivity index (χ0) is 15.3. The quantitative estimate of drug-likeness (QED) is 0.775. The van der Waals surface area contributed by atoms with Gasteiger partial charge in [-0.2, -0.15) is 0 Å². The molecule has 1 aromatic carbocycles. The average Bonchev–Trinajstić information content (AvgIpc) is 2.38. The molecule has 2 amide bonds. The van der Waals surface area contributed by atoms with Gasteiger partial charge in [0.1, 0.15) is 5.54 Å². The Bertz CT molecular complexity index is 488. The summed E-state index contributed by atoms with van der Waals surface area (Å²) in [6.07, 6.45) is 1.59. The number of hydrogen-bond donors (Lipinski definition) is 3. The summed E-state index contributed by atoms with van der Waals surface area (Å²) >= 11 is 0. The number of para-hydroxylation sites is 1. The van der Waals surface area contributed by atoms with Gasteiger partial charge in [-0.1, -0.05) is 32.0 Å². The van der Waals surface area contributed by atoms with E-state index in [0.29, 0.717) is 0 Å². The topological polar surface area (TPSA) is 78.4 Å². The van der Waals surface area contributed by atoms with Crippen LogP contribution < -0.4 is 10.6 Å². The fourth-order valence-electron chi connectivity index (χ4n) is 1.89. The molecule has 0 saturated carbocycles. The number of carboxylic acids is 1. The van der Waals surface area contributed by atoms with Gasteiger partial charge in [0.25, 0.3) is 0 Å². The monoisotopic (exact) mass is 278 g/mol. The van der Waals surface area contributed by atoms with Gasteiger partial charge in [-0.05, 0) is 37.8 Å². The number of urea groups is 1. The lowest BCUT2D eigenvalue weighted by atomic mass is 10.0. The lowest BCUT2D eigenvalue weighted by molar-refractivity contribution is -0.142. The molecule has 0 fully saturated rings. The standard InChI is InChI=1S/C15H22N2O3/c1-5-10-8-7-9-11(6-2)12(10)16-14(20)17-15(3,4)13(18)19/h7-9H,5-6H2,1-4H3,(H,18,19)(H2,16,17,20). The molecule has 0 heterocycles. The van der Waals surface area contributed by atoms with Crippen LogP contribution in [0.3, 0.4) is 0 Å². The fourth-order valence-corrected chi connectivity index (χ4v) is 1.89. The molecule has 5 nitrogen and oxygen atoms in total. The molecule has 0 radical (unpaired) electrons. The van der Waals surface area contributed by atoms with Crippen molar-refractivity contribution in [3.63, 3.8) is 0 Å². The molecule has 0 saturated heterocycles. The summed E-state index contributed by atoms with van der Waals surface area (Å²) in [7, 11) is 0. The number of carbonyl (C=O) groups is 2. The Hall–Kier alpha value is -2.04. The molecule has 0 aliphatic rings. The molecular formula is C15H22N2O3. The van der Waals surface area contributed by atoms with Crippen LogP contribution in [0.1, 0.15) is 38.8 Å². The maximum atomic E-state index is 12.0. The Morgan fingerprint density at radius 2 is 1.65 bits per heavy atom. The van der Waals surface area contributed by atoms with Crippen LogP contribution in [0.2, 0.25) is 0 Å². The second kappa shape index (κ2) is 6.41. The average molecular weight is 278 g/mol. The van der Waals surface area contributed by atoms with Gasteiger partial charge in [0.15, 0.2) is 0 Å². The van der Waals surface area contributed by atoms with E-state index in [1.807, 2.05) is 32.0 Å². The first-order valence-electron chi connectivity index (χ1n) is 6.75. The van der Waals surface area contributed by atoms with Crippen molar-refractivity contribution < 1.29 is 14.7 Å². The second-order valence-corrected chi connectivity index (χ2v) is 5.17. The maximum absolute atomic E-state index is 12.0. The molecule has 5 heteroatoms. The zero-order valence-electron chi connectivity index (χ0n) is 12.4. The largest absolute Gasteiger partial charge is 0.480 e. The number of aliphatic carboxylic acids is 1. The lowest BCUT2D eigenvalue weighted by Gasteiger charge is -2.22. The van der Waals surface area contributed by atoms with E-state index in [2.05, 4.69) is 10.6 Å². The molecule has 0 spiro atoms. The molecule has 0 unspecified atom stereocenters. The van der Waals surface area contributed by atoms with Crippen LogP contribution >= 0.6 is 0 Å². The third kappa shape index (κ3) is 3.73. The highest BCUT2D eigenvalue weighted by atomic mass is 16.4. The van der Waals surface area contributed by atoms with E-state index in [4.69, 9.17) is 5.11 Å². The van der Waals surface area contributed by atoms with Gasteiger partial charge < -0.3 is 15.7 Å². The van der Waals surface area contributed by atoms with Crippen LogP contribution in [0.25, 0.3) is 0 Å². The van der Waals surface area contributed by atoms with Crippen molar-refractivity contribution in [3.05, 3.63) is 29.3 Å². The highest BCUT2D eigenvalue weighted by Crippen LogP contribution is 2.22. The van der Waals surface area contributed by atoms with Crippen molar-refractivity contribution in [1.29, 1.82) is 0 Å². The lowest BCUT2D eigenvalue weighted by Crippen LogP contribution is -2.51. The van der Waals surface area contributed by atoms with Gasteiger partial charge in [-0.3, -0.25) is 0 Å². The van der Waals surface area contributed by atoms with Gasteiger partial charge in [0.2, 0.25) is 0 Å². The third-order valence-corrected chi connectivity index (χ3v) is 3.20. The number of carboxylic acid groups (broad SMARTS) is 1. The van der Waals surface area contributed by atoms with Crippen LogP contribution in [-0.2, 0) is 17.6 Å². The SMILES string of the molecule is CCc1cccc(CC)c1NC(=O)NC(C)(C)C(=O)O. The Balaban J connectivity index is 2.93. The van der Waals surface area contributed by atoms with Crippen LogP contribution in [0.5, 0.6) is 0 Å². The molecule has 0 aromatic heterocycles. The number of hydrogen-bond acceptors (Lipinski definition) is 2. The number of rotatable bonds is 5. The predicted octanol–water partition coefficient (Wildman–Crippen LogP) is 2.80. The normalized spacial score (nSPS) is 11.0. The van der Waals surface area contributed by atoms with Gasteiger partial charge in [0.05, 0.1) is 0 Å². The van der Waals surface area contributed by atoms with Gasteiger partial charge >= 0.3 is 12.0 Å². The van der Waals surface area contributed by atoms with Crippen molar-refractivity contribution in [1.82, 2.24) is 5.32 Å². The molecule has 20 heavy (non-hydrogen) atoms. The summed E-state index contributed by atoms with van der Waals surface area (Å²) in [5.41, 5.74) is 1.54. The highest BCUT2D eigenvalue weighted by Gasteiger charge is 2.29. The molecule has 110 valence electrons. The first-order valence-corrected chi connectivity index (χ1v) is 6.75. The molecule has 1 rings (SSSR count). The first-order chi connectivity index (χ1) is 9.31. The van der Waals surface area contributed by atoms with E-state index in [0.717, 1.165) is 29.7 Å². The second-order valence-electron chi connectivity index (χ2n) is 5.17. The van der Waals surface area contributed by atoms with Crippen LogP contribution in [-0.4, -0.2) is 22.6 Å². The van der Waals surface area contributed by atoms with Crippen molar-refractivity contribution in [3.8, 4) is 0 Å². The van der Waals surface area contributed by atoms with Crippen molar-refractivity contribution in [2.75, 3.05) is 5.32 Å². The molecule has 0 aliphatic heterocycles. The van der Waals surface area contributed by atoms with E-state index >= 15 is 0 Å². The van der Waals surface area contributed by atoms with Crippen molar-refractivity contribution >= 4 is 17.7 Å². The summed E-state index contributed by atoms with van der Waals surface area (Å²) in [5.74, 6) is -1.08. The molecule has 3 N–H and O–H groups in total. The number of carbonyl (C=O) groups excluding carboxylic acids is 1. The zero-order valence-corrected chi connectivity index (χ0v) is 12.4. The molecule has 0 atom stereocenters. The Kier molecular flexibility index (Phi) is 5.13. The van der Waals surface area contributed by atoms with Crippen LogP contribution in [0.4, 0.5) is 10.5 Å². The van der Waals surface area contributed by atoms with Crippen LogP contribution in [0.15, 0.2) is 18.2 Å². The number of anilines is 1. The summed E-state index contributed by atoms with van der Waals surface area (Å²) in [4.78, 5) is 23.0. The highest BCUT2D eigenvalue weighted by molar-refractivity contribution is 5.94. The smallest absolute Gasteiger partial charge is 0.328 e. The van der Waals surface area contributed by atoms with Gasteiger partial charge in [-0.15, -0.1) is 0 Å². The molecular weight excluding hydrogens is 256 g/mol. The number of aryl methyl sites for hydroxylation is 2.